The molecule has 1 saturated heterocycles. The van der Waals surface area contributed by atoms with E-state index in [1.165, 1.54) is 0 Å². The van der Waals surface area contributed by atoms with Crippen LogP contribution in [-0.2, 0) is 14.3 Å². The fourth-order valence-corrected chi connectivity index (χ4v) is 1.09. The van der Waals surface area contributed by atoms with Gasteiger partial charge in [-0.3, -0.25) is 9.59 Å². The van der Waals surface area contributed by atoms with E-state index in [1.54, 1.807) is 0 Å². The van der Waals surface area contributed by atoms with Crippen molar-refractivity contribution in [3.05, 3.63) is 0 Å². The highest BCUT2D eigenvalue weighted by atomic mass is 16.5. The maximum atomic E-state index is 11.0. The summed E-state index contributed by atoms with van der Waals surface area (Å²) >= 11 is 0. The van der Waals surface area contributed by atoms with Gasteiger partial charge in [0.15, 0.2) is 6.29 Å². The Morgan fingerprint density at radius 3 is 3.09 bits per heavy atom. The predicted octanol–water partition coefficient (Wildman–Crippen LogP) is -0.662. The lowest BCUT2D eigenvalue weighted by Gasteiger charge is -2.05. The SMILES string of the molecule is O=CCOC(=O)C1CCNC1. The Labute approximate surface area is 64.9 Å². The van der Waals surface area contributed by atoms with E-state index in [1.807, 2.05) is 0 Å². The molecule has 0 spiro atoms. The summed E-state index contributed by atoms with van der Waals surface area (Å²) in [6, 6.07) is 0. The fraction of sp³-hybridized carbons (Fsp3) is 0.714. The average molecular weight is 157 g/mol. The zero-order chi connectivity index (χ0) is 8.10. The van der Waals surface area contributed by atoms with Gasteiger partial charge in [0, 0.05) is 6.54 Å². The number of ether oxygens (including phenoxy) is 1. The summed E-state index contributed by atoms with van der Waals surface area (Å²) in [4.78, 5) is 20.8. The first-order chi connectivity index (χ1) is 5.34. The Bertz CT molecular complexity index is 152. The number of carbonyl (C=O) groups excluding carboxylic acids is 2. The number of esters is 1. The smallest absolute Gasteiger partial charge is 0.310 e. The maximum Gasteiger partial charge on any atom is 0.310 e. The molecule has 1 aliphatic heterocycles. The molecule has 0 radical (unpaired) electrons. The summed E-state index contributed by atoms with van der Waals surface area (Å²) in [6.07, 6.45) is 1.40. The molecule has 0 bridgehead atoms. The summed E-state index contributed by atoms with van der Waals surface area (Å²) in [6.45, 7) is 1.42. The largest absolute Gasteiger partial charge is 0.458 e. The van der Waals surface area contributed by atoms with Gasteiger partial charge in [-0.15, -0.1) is 0 Å². The van der Waals surface area contributed by atoms with Crippen LogP contribution < -0.4 is 5.32 Å². The lowest BCUT2D eigenvalue weighted by molar-refractivity contribution is -0.149. The molecule has 1 atom stereocenters. The van der Waals surface area contributed by atoms with Crippen molar-refractivity contribution in [1.29, 1.82) is 0 Å². The van der Waals surface area contributed by atoms with Crippen LogP contribution in [0.25, 0.3) is 0 Å². The molecule has 62 valence electrons. The molecule has 1 unspecified atom stereocenters. The van der Waals surface area contributed by atoms with Crippen molar-refractivity contribution in [2.45, 2.75) is 6.42 Å². The number of carbonyl (C=O) groups is 2. The maximum absolute atomic E-state index is 11.0. The Morgan fingerprint density at radius 1 is 1.73 bits per heavy atom. The number of rotatable bonds is 3. The molecule has 1 aliphatic rings. The van der Waals surface area contributed by atoms with Crippen molar-refractivity contribution in [3.63, 3.8) is 0 Å². The summed E-state index contributed by atoms with van der Waals surface area (Å²) < 4.78 is 4.63. The van der Waals surface area contributed by atoms with Crippen molar-refractivity contribution in [1.82, 2.24) is 5.32 Å². The normalized spacial score (nSPS) is 23.1. The topological polar surface area (TPSA) is 55.4 Å². The first kappa shape index (κ1) is 8.20. The molecule has 0 aromatic carbocycles. The minimum absolute atomic E-state index is 0.0463. The lowest BCUT2D eigenvalue weighted by atomic mass is 10.1. The van der Waals surface area contributed by atoms with Crippen molar-refractivity contribution < 1.29 is 14.3 Å². The molecule has 0 saturated carbocycles. The Balaban J connectivity index is 2.22. The lowest BCUT2D eigenvalue weighted by Crippen LogP contribution is -2.20. The van der Waals surface area contributed by atoms with Crippen LogP contribution in [0, 0.1) is 5.92 Å². The van der Waals surface area contributed by atoms with Crippen molar-refractivity contribution >= 4 is 12.3 Å². The van der Waals surface area contributed by atoms with Gasteiger partial charge in [0.2, 0.25) is 0 Å². The van der Waals surface area contributed by atoms with Crippen molar-refractivity contribution in [2.24, 2.45) is 5.92 Å². The van der Waals surface area contributed by atoms with Gasteiger partial charge < -0.3 is 10.1 Å². The molecule has 0 aromatic heterocycles. The van der Waals surface area contributed by atoms with E-state index in [-0.39, 0.29) is 18.5 Å². The second-order valence-electron chi connectivity index (χ2n) is 2.49. The fourth-order valence-electron chi connectivity index (χ4n) is 1.09. The third-order valence-corrected chi connectivity index (χ3v) is 1.69. The van der Waals surface area contributed by atoms with E-state index in [4.69, 9.17) is 0 Å². The number of hydrogen-bond acceptors (Lipinski definition) is 4. The second-order valence-corrected chi connectivity index (χ2v) is 2.49. The predicted molar refractivity (Wildman–Crippen MR) is 38.0 cm³/mol. The highest BCUT2D eigenvalue weighted by Crippen LogP contribution is 2.08. The van der Waals surface area contributed by atoms with Crippen LogP contribution in [0.4, 0.5) is 0 Å². The van der Waals surface area contributed by atoms with Gasteiger partial charge in [-0.1, -0.05) is 0 Å². The van der Waals surface area contributed by atoms with Gasteiger partial charge in [-0.2, -0.15) is 0 Å². The van der Waals surface area contributed by atoms with Gasteiger partial charge in [-0.25, -0.2) is 0 Å². The summed E-state index contributed by atoms with van der Waals surface area (Å²) in [5, 5.41) is 3.04. The van der Waals surface area contributed by atoms with E-state index in [2.05, 4.69) is 10.1 Å². The highest BCUT2D eigenvalue weighted by Gasteiger charge is 2.23. The van der Waals surface area contributed by atoms with Crippen molar-refractivity contribution in [2.75, 3.05) is 19.7 Å². The van der Waals surface area contributed by atoms with Gasteiger partial charge in [0.05, 0.1) is 5.92 Å². The van der Waals surface area contributed by atoms with Crippen LogP contribution in [0.5, 0.6) is 0 Å². The van der Waals surface area contributed by atoms with Gasteiger partial charge in [0.25, 0.3) is 0 Å². The molecule has 0 aliphatic carbocycles. The Kier molecular flexibility index (Phi) is 3.04. The van der Waals surface area contributed by atoms with Gasteiger partial charge >= 0.3 is 5.97 Å². The third-order valence-electron chi connectivity index (χ3n) is 1.69. The molecule has 1 rings (SSSR count). The summed E-state index contributed by atoms with van der Waals surface area (Å²) in [5.74, 6) is -0.308. The third kappa shape index (κ3) is 2.31. The number of aldehydes is 1. The van der Waals surface area contributed by atoms with E-state index < -0.39 is 0 Å². The molecule has 4 nitrogen and oxygen atoms in total. The minimum Gasteiger partial charge on any atom is -0.458 e. The van der Waals surface area contributed by atoms with E-state index >= 15 is 0 Å². The highest BCUT2D eigenvalue weighted by molar-refractivity contribution is 5.74. The van der Waals surface area contributed by atoms with Gasteiger partial charge in [0.1, 0.15) is 6.61 Å². The standard InChI is InChI=1S/C7H11NO3/c9-3-4-11-7(10)6-1-2-8-5-6/h3,6,8H,1-2,4-5H2. The number of nitrogens with one attached hydrogen (secondary N) is 1. The molecule has 1 N–H and O–H groups in total. The summed E-state index contributed by atoms with van der Waals surface area (Å²) in [7, 11) is 0. The molecular formula is C7H11NO3. The van der Waals surface area contributed by atoms with Crippen LogP contribution in [-0.4, -0.2) is 32.0 Å². The monoisotopic (exact) mass is 157 g/mol. The Morgan fingerprint density at radius 2 is 2.55 bits per heavy atom. The van der Waals surface area contributed by atoms with Crippen LogP contribution in [0.1, 0.15) is 6.42 Å². The molecule has 0 aromatic rings. The molecular weight excluding hydrogens is 146 g/mol. The molecule has 1 fully saturated rings. The molecule has 11 heavy (non-hydrogen) atoms. The zero-order valence-electron chi connectivity index (χ0n) is 6.21. The van der Waals surface area contributed by atoms with E-state index in [0.717, 1.165) is 13.0 Å². The minimum atomic E-state index is -0.262. The Hall–Kier alpha value is -0.900. The molecule has 4 heteroatoms. The van der Waals surface area contributed by atoms with Crippen LogP contribution in [0.15, 0.2) is 0 Å². The zero-order valence-corrected chi connectivity index (χ0v) is 6.21. The second kappa shape index (κ2) is 4.08. The quantitative estimate of drug-likeness (QED) is 0.436. The van der Waals surface area contributed by atoms with Crippen LogP contribution in [0.3, 0.4) is 0 Å². The van der Waals surface area contributed by atoms with E-state index in [9.17, 15) is 9.59 Å². The molecule has 1 heterocycles. The first-order valence-corrected chi connectivity index (χ1v) is 3.65. The first-order valence-electron chi connectivity index (χ1n) is 3.65. The van der Waals surface area contributed by atoms with Crippen LogP contribution >= 0.6 is 0 Å². The number of hydrogen-bond donors (Lipinski definition) is 1. The average Bonchev–Trinajstić information content (AvgIpc) is 2.52. The van der Waals surface area contributed by atoms with E-state index in [0.29, 0.717) is 12.8 Å². The van der Waals surface area contributed by atoms with Crippen molar-refractivity contribution in [3.8, 4) is 0 Å². The summed E-state index contributed by atoms with van der Waals surface area (Å²) in [5.41, 5.74) is 0. The molecule has 0 amide bonds. The van der Waals surface area contributed by atoms with Gasteiger partial charge in [-0.05, 0) is 13.0 Å². The van der Waals surface area contributed by atoms with Crippen LogP contribution in [0.2, 0.25) is 0 Å².